The van der Waals surface area contributed by atoms with Crippen molar-refractivity contribution in [2.24, 2.45) is 0 Å². The highest BCUT2D eigenvalue weighted by Crippen LogP contribution is 2.34. The van der Waals surface area contributed by atoms with Gasteiger partial charge in [-0.25, -0.2) is 9.37 Å². The lowest BCUT2D eigenvalue weighted by Crippen LogP contribution is -2.12. The molecular formula is C13H11ClF4N4O. The van der Waals surface area contributed by atoms with E-state index < -0.39 is 18.6 Å². The molecule has 1 aromatic heterocycles. The van der Waals surface area contributed by atoms with Crippen LogP contribution >= 0.6 is 11.6 Å². The molecular weight excluding hydrogens is 340 g/mol. The Morgan fingerprint density at radius 3 is 2.65 bits per heavy atom. The molecule has 0 aliphatic rings. The lowest BCUT2D eigenvalue weighted by Gasteiger charge is -2.13. The van der Waals surface area contributed by atoms with E-state index >= 15 is 0 Å². The maximum Gasteiger partial charge on any atom is 0.421 e. The van der Waals surface area contributed by atoms with Gasteiger partial charge in [0.05, 0.1) is 10.7 Å². The molecule has 0 saturated heterocycles. The average molecular weight is 351 g/mol. The van der Waals surface area contributed by atoms with Gasteiger partial charge in [0.1, 0.15) is 17.1 Å². The lowest BCUT2D eigenvalue weighted by atomic mass is 10.3. The van der Waals surface area contributed by atoms with E-state index in [2.05, 4.69) is 25.3 Å². The number of benzene rings is 1. The second kappa shape index (κ2) is 6.86. The first kappa shape index (κ1) is 17.1. The summed E-state index contributed by atoms with van der Waals surface area (Å²) in [6.07, 6.45) is -3.93. The second-order valence-corrected chi connectivity index (χ2v) is 4.63. The number of nitrogens with zero attached hydrogens (tertiary/aromatic N) is 2. The number of ether oxygens (including phenoxy) is 1. The highest BCUT2D eigenvalue weighted by Gasteiger charge is 2.35. The standard InChI is InChI=1S/C13H11ClF4N4O/c1-19-11-8(13(16,17)18)5-20-12(22-11)21-10-4-7(23-6-15)2-3-9(10)14/h2-5H,6H2,1H3,(H2,19,20,21,22). The minimum atomic E-state index is -4.58. The molecule has 5 nitrogen and oxygen atoms in total. The minimum absolute atomic E-state index is 0.110. The number of alkyl halides is 4. The molecule has 0 aliphatic carbocycles. The van der Waals surface area contributed by atoms with E-state index in [1.165, 1.54) is 25.2 Å². The molecule has 0 radical (unpaired) electrons. The first-order chi connectivity index (χ1) is 10.8. The summed E-state index contributed by atoms with van der Waals surface area (Å²) in [5.41, 5.74) is -0.731. The third-order valence-electron chi connectivity index (χ3n) is 2.74. The summed E-state index contributed by atoms with van der Waals surface area (Å²) >= 11 is 5.96. The van der Waals surface area contributed by atoms with Crippen molar-refractivity contribution in [1.29, 1.82) is 0 Å². The van der Waals surface area contributed by atoms with Crippen molar-refractivity contribution < 1.29 is 22.3 Å². The van der Waals surface area contributed by atoms with Crippen LogP contribution in [0.25, 0.3) is 0 Å². The normalized spacial score (nSPS) is 11.2. The fourth-order valence-electron chi connectivity index (χ4n) is 1.71. The van der Waals surface area contributed by atoms with E-state index in [0.29, 0.717) is 6.20 Å². The van der Waals surface area contributed by atoms with Crippen LogP contribution in [0, 0.1) is 0 Å². The van der Waals surface area contributed by atoms with Gasteiger partial charge >= 0.3 is 6.18 Å². The van der Waals surface area contributed by atoms with Crippen molar-refractivity contribution in [2.75, 3.05) is 24.5 Å². The van der Waals surface area contributed by atoms with Crippen LogP contribution < -0.4 is 15.4 Å². The Morgan fingerprint density at radius 2 is 2.04 bits per heavy atom. The van der Waals surface area contributed by atoms with Crippen molar-refractivity contribution in [1.82, 2.24) is 9.97 Å². The van der Waals surface area contributed by atoms with Crippen LogP contribution in [0.2, 0.25) is 5.02 Å². The van der Waals surface area contributed by atoms with Gasteiger partial charge in [0.15, 0.2) is 0 Å². The summed E-state index contributed by atoms with van der Waals surface area (Å²) < 4.78 is 55.2. The zero-order valence-electron chi connectivity index (χ0n) is 11.7. The first-order valence-electron chi connectivity index (χ1n) is 6.22. The molecule has 0 unspecified atom stereocenters. The summed E-state index contributed by atoms with van der Waals surface area (Å²) in [6.45, 7) is -1.03. The molecule has 2 N–H and O–H groups in total. The van der Waals surface area contributed by atoms with Gasteiger partial charge in [-0.1, -0.05) is 11.6 Å². The Labute approximate surface area is 133 Å². The number of anilines is 3. The van der Waals surface area contributed by atoms with Gasteiger partial charge in [0.25, 0.3) is 0 Å². The van der Waals surface area contributed by atoms with Crippen LogP contribution in [-0.2, 0) is 6.18 Å². The second-order valence-electron chi connectivity index (χ2n) is 4.22. The average Bonchev–Trinajstić information content (AvgIpc) is 2.49. The van der Waals surface area contributed by atoms with E-state index in [1.807, 2.05) is 0 Å². The van der Waals surface area contributed by atoms with Gasteiger partial charge < -0.3 is 15.4 Å². The molecule has 0 aliphatic heterocycles. The Kier molecular flexibility index (Phi) is 5.09. The van der Waals surface area contributed by atoms with Crippen molar-refractivity contribution in [3.8, 4) is 5.75 Å². The molecule has 0 spiro atoms. The van der Waals surface area contributed by atoms with E-state index in [0.717, 1.165) is 0 Å². The third kappa shape index (κ3) is 4.13. The molecule has 0 bridgehead atoms. The SMILES string of the molecule is CNc1nc(Nc2cc(OCF)ccc2Cl)ncc1C(F)(F)F. The highest BCUT2D eigenvalue weighted by atomic mass is 35.5. The van der Waals surface area contributed by atoms with Gasteiger partial charge in [-0.3, -0.25) is 0 Å². The third-order valence-corrected chi connectivity index (χ3v) is 3.07. The van der Waals surface area contributed by atoms with Crippen molar-refractivity contribution in [2.45, 2.75) is 6.18 Å². The number of hydrogen-bond acceptors (Lipinski definition) is 5. The van der Waals surface area contributed by atoms with Gasteiger partial charge in [-0.15, -0.1) is 0 Å². The predicted octanol–water partition coefficient (Wildman–Crippen LogP) is 4.24. The summed E-state index contributed by atoms with van der Waals surface area (Å²) in [5, 5.41) is 5.26. The fourth-order valence-corrected chi connectivity index (χ4v) is 1.88. The maximum atomic E-state index is 12.8. The predicted molar refractivity (Wildman–Crippen MR) is 77.9 cm³/mol. The number of rotatable bonds is 5. The molecule has 0 amide bonds. The van der Waals surface area contributed by atoms with Crippen LogP contribution in [-0.4, -0.2) is 23.9 Å². The van der Waals surface area contributed by atoms with Crippen LogP contribution in [0.4, 0.5) is 35.0 Å². The summed E-state index contributed by atoms with van der Waals surface area (Å²) in [5.74, 6) is -0.302. The van der Waals surface area contributed by atoms with Crippen molar-refractivity contribution >= 4 is 29.1 Å². The molecule has 23 heavy (non-hydrogen) atoms. The number of nitrogens with one attached hydrogen (secondary N) is 2. The Morgan fingerprint density at radius 1 is 1.30 bits per heavy atom. The summed E-state index contributed by atoms with van der Waals surface area (Å²) in [6, 6.07) is 4.26. The van der Waals surface area contributed by atoms with Crippen LogP contribution in [0.3, 0.4) is 0 Å². The van der Waals surface area contributed by atoms with Crippen LogP contribution in [0.15, 0.2) is 24.4 Å². The Balaban J connectivity index is 2.32. The minimum Gasteiger partial charge on any atom is -0.463 e. The van der Waals surface area contributed by atoms with Crippen LogP contribution in [0.1, 0.15) is 5.56 Å². The van der Waals surface area contributed by atoms with Crippen LogP contribution in [0.5, 0.6) is 5.75 Å². The van der Waals surface area contributed by atoms with Gasteiger partial charge in [-0.05, 0) is 12.1 Å². The zero-order chi connectivity index (χ0) is 17.0. The molecule has 1 aromatic carbocycles. The molecule has 0 fully saturated rings. The first-order valence-corrected chi connectivity index (χ1v) is 6.60. The molecule has 124 valence electrons. The highest BCUT2D eigenvalue weighted by molar-refractivity contribution is 6.33. The zero-order valence-corrected chi connectivity index (χ0v) is 12.5. The molecule has 0 saturated carbocycles. The number of aromatic nitrogens is 2. The van der Waals surface area contributed by atoms with Crippen molar-refractivity contribution in [3.63, 3.8) is 0 Å². The lowest BCUT2D eigenvalue weighted by molar-refractivity contribution is -0.137. The van der Waals surface area contributed by atoms with Gasteiger partial charge in [-0.2, -0.15) is 18.2 Å². The van der Waals surface area contributed by atoms with Gasteiger partial charge in [0, 0.05) is 19.3 Å². The molecule has 0 atom stereocenters. The van der Waals surface area contributed by atoms with Crippen molar-refractivity contribution in [3.05, 3.63) is 35.0 Å². The quantitative estimate of drug-likeness (QED) is 0.790. The monoisotopic (exact) mass is 350 g/mol. The molecule has 1 heterocycles. The number of hydrogen-bond donors (Lipinski definition) is 2. The smallest absolute Gasteiger partial charge is 0.421 e. The van der Waals surface area contributed by atoms with E-state index in [-0.39, 0.29) is 28.2 Å². The molecule has 2 aromatic rings. The fraction of sp³-hybridized carbons (Fsp3) is 0.231. The Hall–Kier alpha value is -2.29. The Bertz CT molecular complexity index is 696. The van der Waals surface area contributed by atoms with Gasteiger partial charge in [0.2, 0.25) is 12.8 Å². The molecule has 10 heteroatoms. The largest absolute Gasteiger partial charge is 0.463 e. The van der Waals surface area contributed by atoms with E-state index in [9.17, 15) is 17.6 Å². The maximum absolute atomic E-state index is 12.8. The topological polar surface area (TPSA) is 59.1 Å². The summed E-state index contributed by atoms with van der Waals surface area (Å²) in [7, 11) is 1.31. The van der Waals surface area contributed by atoms with E-state index in [1.54, 1.807) is 0 Å². The van der Waals surface area contributed by atoms with E-state index in [4.69, 9.17) is 11.6 Å². The summed E-state index contributed by atoms with van der Waals surface area (Å²) in [4.78, 5) is 7.35. The number of halogens is 5. The molecule has 2 rings (SSSR count).